The zero-order valence-corrected chi connectivity index (χ0v) is 13.0. The van der Waals surface area contributed by atoms with Crippen molar-refractivity contribution in [1.29, 1.82) is 0 Å². The Labute approximate surface area is 130 Å². The van der Waals surface area contributed by atoms with Crippen LogP contribution in [0.1, 0.15) is 24.1 Å². The third-order valence-corrected chi connectivity index (χ3v) is 4.98. The number of hydrogen-bond acceptors (Lipinski definition) is 4. The van der Waals surface area contributed by atoms with Crippen molar-refractivity contribution in [1.82, 2.24) is 10.3 Å². The fourth-order valence-electron chi connectivity index (χ4n) is 3.04. The smallest absolute Gasteiger partial charge is 0.183 e. The van der Waals surface area contributed by atoms with Crippen LogP contribution in [0.3, 0.4) is 0 Å². The van der Waals surface area contributed by atoms with E-state index < -0.39 is 0 Å². The van der Waals surface area contributed by atoms with E-state index in [2.05, 4.69) is 52.9 Å². The van der Waals surface area contributed by atoms with Gasteiger partial charge in [-0.1, -0.05) is 36.4 Å². The molecule has 1 aliphatic heterocycles. The van der Waals surface area contributed by atoms with Crippen LogP contribution in [0.2, 0.25) is 0 Å². The van der Waals surface area contributed by atoms with Gasteiger partial charge in [0.1, 0.15) is 0 Å². The van der Waals surface area contributed by atoms with Crippen molar-refractivity contribution in [2.24, 2.45) is 0 Å². The average Bonchev–Trinajstić information content (AvgIpc) is 3.04. The zero-order valence-electron chi connectivity index (χ0n) is 12.1. The van der Waals surface area contributed by atoms with Gasteiger partial charge in [-0.05, 0) is 31.5 Å². The normalized spacial score (nSPS) is 17.3. The first-order chi connectivity index (χ1) is 10.3. The lowest BCUT2D eigenvalue weighted by Crippen LogP contribution is -2.41. The van der Waals surface area contributed by atoms with Crippen molar-refractivity contribution < 1.29 is 0 Å². The molecule has 3 rings (SSSR count). The summed E-state index contributed by atoms with van der Waals surface area (Å²) in [6, 6.07) is 10.8. The van der Waals surface area contributed by atoms with Crippen LogP contribution in [0, 0.1) is 0 Å². The Morgan fingerprint density at radius 3 is 2.76 bits per heavy atom. The number of aromatic nitrogens is 1. The topological polar surface area (TPSA) is 37.0 Å². The first-order valence-corrected chi connectivity index (χ1v) is 8.30. The van der Waals surface area contributed by atoms with Crippen LogP contribution in [0.4, 0.5) is 5.13 Å². The molecule has 0 amide bonds. The van der Waals surface area contributed by atoms with Gasteiger partial charge in [-0.15, -0.1) is 17.9 Å². The lowest BCUT2D eigenvalue weighted by atomic mass is 9.71. The van der Waals surface area contributed by atoms with Crippen LogP contribution in [-0.4, -0.2) is 24.6 Å². The summed E-state index contributed by atoms with van der Waals surface area (Å²) in [6.07, 6.45) is 4.06. The van der Waals surface area contributed by atoms with Gasteiger partial charge in [0.25, 0.3) is 0 Å². The molecule has 0 unspecified atom stereocenters. The van der Waals surface area contributed by atoms with Crippen molar-refractivity contribution in [3.05, 3.63) is 59.6 Å². The Kier molecular flexibility index (Phi) is 4.36. The second-order valence-electron chi connectivity index (χ2n) is 5.41. The van der Waals surface area contributed by atoms with Crippen LogP contribution in [0.5, 0.6) is 0 Å². The molecule has 21 heavy (non-hydrogen) atoms. The molecule has 0 bridgehead atoms. The third-order valence-electron chi connectivity index (χ3n) is 4.18. The van der Waals surface area contributed by atoms with Gasteiger partial charge in [0, 0.05) is 17.3 Å². The summed E-state index contributed by atoms with van der Waals surface area (Å²) >= 11 is 1.69. The molecule has 2 N–H and O–H groups in total. The number of anilines is 1. The summed E-state index contributed by atoms with van der Waals surface area (Å²) in [4.78, 5) is 4.85. The predicted molar refractivity (Wildman–Crippen MR) is 90.1 cm³/mol. The Hall–Kier alpha value is -1.65. The van der Waals surface area contributed by atoms with E-state index in [1.807, 2.05) is 6.08 Å². The molecule has 3 nitrogen and oxygen atoms in total. The molecule has 0 aliphatic carbocycles. The Morgan fingerprint density at radius 2 is 2.05 bits per heavy atom. The van der Waals surface area contributed by atoms with Gasteiger partial charge in [-0.25, -0.2) is 4.98 Å². The molecule has 0 saturated carbocycles. The lowest BCUT2D eigenvalue weighted by Gasteiger charge is -2.37. The molecular formula is C17H21N3S. The number of rotatable bonds is 5. The Balaban J connectivity index is 1.96. The maximum absolute atomic E-state index is 4.85. The lowest BCUT2D eigenvalue weighted by molar-refractivity contribution is 0.356. The second-order valence-corrected chi connectivity index (χ2v) is 6.26. The van der Waals surface area contributed by atoms with Crippen molar-refractivity contribution in [3.63, 3.8) is 0 Å². The number of nitrogens with one attached hydrogen (secondary N) is 2. The molecule has 2 aromatic rings. The van der Waals surface area contributed by atoms with E-state index in [1.165, 1.54) is 11.3 Å². The van der Waals surface area contributed by atoms with Gasteiger partial charge in [0.05, 0.1) is 5.69 Å². The van der Waals surface area contributed by atoms with E-state index in [9.17, 15) is 0 Å². The zero-order chi connectivity index (χ0) is 14.5. The van der Waals surface area contributed by atoms with E-state index in [4.69, 9.17) is 4.98 Å². The number of hydrogen-bond donors (Lipinski definition) is 2. The van der Waals surface area contributed by atoms with Gasteiger partial charge >= 0.3 is 0 Å². The van der Waals surface area contributed by atoms with E-state index >= 15 is 0 Å². The predicted octanol–water partition coefficient (Wildman–Crippen LogP) is 3.41. The minimum atomic E-state index is 0.0527. The van der Waals surface area contributed by atoms with E-state index in [-0.39, 0.29) is 5.41 Å². The number of piperidine rings is 1. The summed E-state index contributed by atoms with van der Waals surface area (Å²) < 4.78 is 0. The highest BCUT2D eigenvalue weighted by Gasteiger charge is 2.37. The fourth-order valence-corrected chi connectivity index (χ4v) is 3.86. The van der Waals surface area contributed by atoms with Gasteiger partial charge in [0.2, 0.25) is 0 Å². The van der Waals surface area contributed by atoms with Gasteiger partial charge in [-0.3, -0.25) is 0 Å². The molecule has 4 heteroatoms. The SMILES string of the molecule is C=CCNc1nc(C2(c3ccccc3)CCNCC2)cs1. The minimum Gasteiger partial charge on any atom is -0.358 e. The minimum absolute atomic E-state index is 0.0527. The molecule has 0 atom stereocenters. The maximum atomic E-state index is 4.85. The summed E-state index contributed by atoms with van der Waals surface area (Å²) in [5, 5.41) is 9.96. The molecular weight excluding hydrogens is 278 g/mol. The summed E-state index contributed by atoms with van der Waals surface area (Å²) in [6.45, 7) is 6.58. The van der Waals surface area contributed by atoms with E-state index in [0.29, 0.717) is 0 Å². The van der Waals surface area contributed by atoms with Crippen LogP contribution in [-0.2, 0) is 5.41 Å². The summed E-state index contributed by atoms with van der Waals surface area (Å²) in [5.74, 6) is 0. The van der Waals surface area contributed by atoms with Gasteiger partial charge < -0.3 is 10.6 Å². The molecule has 0 spiro atoms. The van der Waals surface area contributed by atoms with Crippen molar-refractivity contribution >= 4 is 16.5 Å². The Morgan fingerprint density at radius 1 is 1.29 bits per heavy atom. The largest absolute Gasteiger partial charge is 0.358 e. The van der Waals surface area contributed by atoms with E-state index in [0.717, 1.165) is 37.6 Å². The van der Waals surface area contributed by atoms with Crippen LogP contribution in [0.15, 0.2) is 48.4 Å². The van der Waals surface area contributed by atoms with Gasteiger partial charge in [-0.2, -0.15) is 0 Å². The molecule has 1 aromatic heterocycles. The second kappa shape index (κ2) is 6.41. The first kappa shape index (κ1) is 14.3. The van der Waals surface area contributed by atoms with Crippen molar-refractivity contribution in [3.8, 4) is 0 Å². The van der Waals surface area contributed by atoms with Crippen LogP contribution in [0.25, 0.3) is 0 Å². The molecule has 1 saturated heterocycles. The fraction of sp³-hybridized carbons (Fsp3) is 0.353. The highest BCUT2D eigenvalue weighted by molar-refractivity contribution is 7.13. The molecule has 2 heterocycles. The molecule has 1 aliphatic rings. The first-order valence-electron chi connectivity index (χ1n) is 7.42. The summed E-state index contributed by atoms with van der Waals surface area (Å²) in [7, 11) is 0. The Bertz CT molecular complexity index is 585. The number of nitrogens with zero attached hydrogens (tertiary/aromatic N) is 1. The van der Waals surface area contributed by atoms with Gasteiger partial charge in [0.15, 0.2) is 5.13 Å². The van der Waals surface area contributed by atoms with Crippen LogP contribution < -0.4 is 10.6 Å². The monoisotopic (exact) mass is 299 g/mol. The molecule has 1 fully saturated rings. The highest BCUT2D eigenvalue weighted by atomic mass is 32.1. The molecule has 110 valence electrons. The average molecular weight is 299 g/mol. The summed E-state index contributed by atoms with van der Waals surface area (Å²) in [5.41, 5.74) is 2.63. The third kappa shape index (κ3) is 2.87. The maximum Gasteiger partial charge on any atom is 0.183 e. The number of thiazole rings is 1. The highest BCUT2D eigenvalue weighted by Crippen LogP contribution is 2.41. The van der Waals surface area contributed by atoms with Crippen molar-refractivity contribution in [2.45, 2.75) is 18.3 Å². The van der Waals surface area contributed by atoms with E-state index in [1.54, 1.807) is 11.3 Å². The standard InChI is InChI=1S/C17H21N3S/c1-2-10-19-16-20-15(13-21-16)17(8-11-18-12-9-17)14-6-4-3-5-7-14/h2-7,13,18H,1,8-12H2,(H,19,20). The molecule has 1 aromatic carbocycles. The number of benzene rings is 1. The quantitative estimate of drug-likeness (QED) is 0.831. The van der Waals surface area contributed by atoms with Crippen LogP contribution >= 0.6 is 11.3 Å². The molecule has 0 radical (unpaired) electrons. The van der Waals surface area contributed by atoms with Crippen molar-refractivity contribution in [2.75, 3.05) is 25.0 Å².